The van der Waals surface area contributed by atoms with Crippen molar-refractivity contribution >= 4 is 29.2 Å². The minimum absolute atomic E-state index is 0.230. The molecule has 3 rings (SSSR count). The number of rotatable bonds is 6. The van der Waals surface area contributed by atoms with Crippen molar-refractivity contribution in [2.24, 2.45) is 5.41 Å². The maximum atomic E-state index is 13.3. The van der Waals surface area contributed by atoms with E-state index in [1.54, 1.807) is 24.0 Å². The molecule has 1 unspecified atom stereocenters. The van der Waals surface area contributed by atoms with E-state index in [9.17, 15) is 19.1 Å². The molecule has 0 radical (unpaired) electrons. The molecule has 2 aromatic carbocycles. The third kappa shape index (κ3) is 4.53. The molecule has 7 heteroatoms. The van der Waals surface area contributed by atoms with Gasteiger partial charge in [-0.25, -0.2) is 0 Å². The summed E-state index contributed by atoms with van der Waals surface area (Å²) in [5.41, 5.74) is 0.855. The molecule has 0 fully saturated rings. The lowest BCUT2D eigenvalue weighted by atomic mass is 9.81. The van der Waals surface area contributed by atoms with E-state index in [0.29, 0.717) is 29.8 Å². The number of para-hydroxylation sites is 1. The molecular formula is C22H23ClFNO4. The zero-order valence-electron chi connectivity index (χ0n) is 16.2. The van der Waals surface area contributed by atoms with Crippen molar-refractivity contribution in [2.75, 3.05) is 24.7 Å². The zero-order chi connectivity index (χ0) is 21.0. The number of halogens is 2. The fourth-order valence-corrected chi connectivity index (χ4v) is 3.71. The van der Waals surface area contributed by atoms with E-state index in [-0.39, 0.29) is 30.5 Å². The number of aliphatic carboxylic acids is 1. The molecule has 29 heavy (non-hydrogen) atoms. The van der Waals surface area contributed by atoms with Crippen molar-refractivity contribution in [3.05, 3.63) is 58.6 Å². The summed E-state index contributed by atoms with van der Waals surface area (Å²) in [6.07, 6.45) is 0.952. The quantitative estimate of drug-likeness (QED) is 0.685. The van der Waals surface area contributed by atoms with Crippen molar-refractivity contribution in [3.63, 3.8) is 0 Å². The molecular weight excluding hydrogens is 397 g/mol. The first-order chi connectivity index (χ1) is 13.9. The van der Waals surface area contributed by atoms with Gasteiger partial charge in [-0.2, -0.15) is 0 Å². The van der Waals surface area contributed by atoms with Gasteiger partial charge in [0.15, 0.2) is 0 Å². The number of hydrogen-bond acceptors (Lipinski definition) is 3. The highest BCUT2D eigenvalue weighted by atomic mass is 35.5. The summed E-state index contributed by atoms with van der Waals surface area (Å²) in [6.45, 7) is 1.74. The highest BCUT2D eigenvalue weighted by Gasteiger charge is 2.38. The molecule has 0 saturated heterocycles. The molecule has 2 aromatic rings. The second kappa shape index (κ2) is 8.82. The highest BCUT2D eigenvalue weighted by Crippen LogP contribution is 2.37. The van der Waals surface area contributed by atoms with Crippen LogP contribution in [0.25, 0.3) is 0 Å². The lowest BCUT2D eigenvalue weighted by Crippen LogP contribution is -2.35. The van der Waals surface area contributed by atoms with Gasteiger partial charge in [0, 0.05) is 18.7 Å². The fourth-order valence-electron chi connectivity index (χ4n) is 3.45. The average molecular weight is 420 g/mol. The molecule has 1 heterocycles. The van der Waals surface area contributed by atoms with Gasteiger partial charge in [-0.15, -0.1) is 0 Å². The molecule has 0 bridgehead atoms. The third-order valence-corrected chi connectivity index (χ3v) is 5.54. The molecule has 1 atom stereocenters. The number of carbonyl (C=O) groups is 2. The van der Waals surface area contributed by atoms with Crippen molar-refractivity contribution < 1.29 is 23.8 Å². The van der Waals surface area contributed by atoms with E-state index >= 15 is 0 Å². The number of anilines is 1. The summed E-state index contributed by atoms with van der Waals surface area (Å²) in [5, 5.41) is 9.92. The maximum Gasteiger partial charge on any atom is 0.309 e. The first kappa shape index (κ1) is 21.1. The van der Waals surface area contributed by atoms with Crippen molar-refractivity contribution in [2.45, 2.75) is 26.2 Å². The molecule has 1 N–H and O–H groups in total. The van der Waals surface area contributed by atoms with Gasteiger partial charge in [0.05, 0.1) is 29.3 Å². The van der Waals surface area contributed by atoms with Crippen LogP contribution < -0.4 is 9.64 Å². The Bertz CT molecular complexity index is 919. The Morgan fingerprint density at radius 3 is 2.72 bits per heavy atom. The number of carbonyl (C=O) groups excluding carboxylic acids is 1. The van der Waals surface area contributed by atoms with Crippen LogP contribution in [0, 0.1) is 5.41 Å². The third-order valence-electron chi connectivity index (χ3n) is 5.23. The van der Waals surface area contributed by atoms with E-state index in [2.05, 4.69) is 0 Å². The van der Waals surface area contributed by atoms with Crippen LogP contribution in [-0.4, -0.2) is 36.8 Å². The minimum atomic E-state index is -0.955. The highest BCUT2D eigenvalue weighted by molar-refractivity contribution is 6.34. The standard InChI is InChI=1S/C22H23ClFNO4/c1-22(21(27)28)9-11-25(19-6-3-2-5-15(19)14-22)20(26)17-8-7-16(13-18(17)23)29-12-4-10-24/h2-3,5-8,13H,4,9-12,14H2,1H3,(H,27,28). The van der Waals surface area contributed by atoms with Crippen molar-refractivity contribution in [3.8, 4) is 5.75 Å². The number of alkyl halides is 1. The number of ether oxygens (including phenoxy) is 1. The van der Waals surface area contributed by atoms with Crippen LogP contribution in [0.4, 0.5) is 10.1 Å². The summed E-state index contributed by atoms with van der Waals surface area (Å²) in [4.78, 5) is 26.7. The Morgan fingerprint density at radius 1 is 1.28 bits per heavy atom. The molecule has 0 saturated carbocycles. The smallest absolute Gasteiger partial charge is 0.309 e. The molecule has 0 aromatic heterocycles. The number of amides is 1. The van der Waals surface area contributed by atoms with Crippen LogP contribution in [0.15, 0.2) is 42.5 Å². The van der Waals surface area contributed by atoms with E-state index in [4.69, 9.17) is 16.3 Å². The van der Waals surface area contributed by atoms with E-state index in [1.807, 2.05) is 24.3 Å². The molecule has 1 amide bonds. The Hall–Kier alpha value is -2.60. The Balaban J connectivity index is 1.90. The van der Waals surface area contributed by atoms with Crippen LogP contribution in [0.5, 0.6) is 5.75 Å². The summed E-state index contributed by atoms with van der Waals surface area (Å²) in [7, 11) is 0. The van der Waals surface area contributed by atoms with Crippen LogP contribution in [0.2, 0.25) is 5.02 Å². The van der Waals surface area contributed by atoms with Crippen LogP contribution >= 0.6 is 11.6 Å². The first-order valence-corrected chi connectivity index (χ1v) is 9.85. The maximum absolute atomic E-state index is 13.3. The second-order valence-electron chi connectivity index (χ2n) is 7.41. The van der Waals surface area contributed by atoms with Crippen molar-refractivity contribution in [1.82, 2.24) is 0 Å². The monoisotopic (exact) mass is 419 g/mol. The topological polar surface area (TPSA) is 66.8 Å². The summed E-state index contributed by atoms with van der Waals surface area (Å²) < 4.78 is 17.6. The number of benzene rings is 2. The van der Waals surface area contributed by atoms with E-state index < -0.39 is 18.1 Å². The van der Waals surface area contributed by atoms with E-state index in [0.717, 1.165) is 5.56 Å². The number of nitrogens with zero attached hydrogens (tertiary/aromatic N) is 1. The molecule has 5 nitrogen and oxygen atoms in total. The molecule has 0 aliphatic carbocycles. The van der Waals surface area contributed by atoms with Gasteiger partial charge in [0.25, 0.3) is 5.91 Å². The number of carboxylic acid groups (broad SMARTS) is 1. The van der Waals surface area contributed by atoms with Crippen LogP contribution in [0.1, 0.15) is 35.7 Å². The first-order valence-electron chi connectivity index (χ1n) is 9.47. The second-order valence-corrected chi connectivity index (χ2v) is 7.82. The van der Waals surface area contributed by atoms with Gasteiger partial charge in [-0.3, -0.25) is 14.0 Å². The van der Waals surface area contributed by atoms with E-state index in [1.165, 1.54) is 6.07 Å². The summed E-state index contributed by atoms with van der Waals surface area (Å²) >= 11 is 6.33. The van der Waals surface area contributed by atoms with Crippen LogP contribution in [-0.2, 0) is 11.2 Å². The Kier molecular flexibility index (Phi) is 6.42. The van der Waals surface area contributed by atoms with Gasteiger partial charge in [-0.05, 0) is 49.6 Å². The number of fused-ring (bicyclic) bond motifs is 1. The number of carboxylic acids is 1. The van der Waals surface area contributed by atoms with Crippen LogP contribution in [0.3, 0.4) is 0 Å². The molecule has 1 aliphatic rings. The SMILES string of the molecule is CC1(C(=O)O)CCN(C(=O)c2ccc(OCCCF)cc2Cl)c2ccccc2C1. The van der Waals surface area contributed by atoms with Gasteiger partial charge in [-0.1, -0.05) is 29.8 Å². The summed E-state index contributed by atoms with van der Waals surface area (Å²) in [5.74, 6) is -0.712. The Labute approximate surface area is 174 Å². The van der Waals surface area contributed by atoms with Gasteiger partial charge < -0.3 is 14.7 Å². The Morgan fingerprint density at radius 2 is 2.03 bits per heavy atom. The predicted molar refractivity (Wildman–Crippen MR) is 110 cm³/mol. The van der Waals surface area contributed by atoms with Gasteiger partial charge in [0.2, 0.25) is 0 Å². The van der Waals surface area contributed by atoms with Gasteiger partial charge >= 0.3 is 5.97 Å². The lowest BCUT2D eigenvalue weighted by molar-refractivity contribution is -0.148. The molecule has 0 spiro atoms. The normalized spacial score (nSPS) is 18.7. The average Bonchev–Trinajstić information content (AvgIpc) is 2.84. The lowest BCUT2D eigenvalue weighted by Gasteiger charge is -2.24. The van der Waals surface area contributed by atoms with Gasteiger partial charge in [0.1, 0.15) is 5.75 Å². The molecule has 1 aliphatic heterocycles. The number of hydrogen-bond donors (Lipinski definition) is 1. The summed E-state index contributed by atoms with van der Waals surface area (Å²) in [6, 6.07) is 12.1. The molecule has 154 valence electrons. The minimum Gasteiger partial charge on any atom is -0.493 e. The largest absolute Gasteiger partial charge is 0.493 e. The fraction of sp³-hybridized carbons (Fsp3) is 0.364. The van der Waals surface area contributed by atoms with Crippen molar-refractivity contribution in [1.29, 1.82) is 0 Å². The predicted octanol–water partition coefficient (Wildman–Crippen LogP) is 4.76. The zero-order valence-corrected chi connectivity index (χ0v) is 16.9.